The van der Waals surface area contributed by atoms with Gasteiger partial charge in [0.2, 0.25) is 0 Å². The third-order valence-corrected chi connectivity index (χ3v) is 3.67. The molecule has 0 radical (unpaired) electrons. The largest absolute Gasteiger partial charge is 0.481 e. The molecule has 2 aromatic rings. The smallest absolute Gasteiger partial charge is 0.312 e. The van der Waals surface area contributed by atoms with Crippen LogP contribution in [0.25, 0.3) is 0 Å². The summed E-state index contributed by atoms with van der Waals surface area (Å²) in [6.07, 6.45) is 0. The summed E-state index contributed by atoms with van der Waals surface area (Å²) in [5.74, 6) is 5.88. The number of hydrogen-bond acceptors (Lipinski definition) is 5. The van der Waals surface area contributed by atoms with Crippen LogP contribution in [0.15, 0.2) is 30.3 Å². The second kappa shape index (κ2) is 7.09. The fourth-order valence-electron chi connectivity index (χ4n) is 1.56. The van der Waals surface area contributed by atoms with Gasteiger partial charge in [-0.3, -0.25) is 10.1 Å². The van der Waals surface area contributed by atoms with E-state index in [2.05, 4.69) is 11.8 Å². The molecule has 0 aliphatic carbocycles. The second-order valence-electron chi connectivity index (χ2n) is 3.93. The number of hydrogen-bond donors (Lipinski definition) is 1. The van der Waals surface area contributed by atoms with E-state index in [1.54, 1.807) is 6.07 Å². The molecule has 0 fully saturated rings. The topological polar surface area (TPSA) is 78.4 Å². The summed E-state index contributed by atoms with van der Waals surface area (Å²) in [6.45, 7) is 0.540. The first kappa shape index (κ1) is 15.3. The predicted octanol–water partition coefficient (Wildman–Crippen LogP) is 3.20. The van der Waals surface area contributed by atoms with E-state index in [4.69, 9.17) is 22.1 Å². The van der Waals surface area contributed by atoms with E-state index in [0.29, 0.717) is 11.6 Å². The van der Waals surface area contributed by atoms with Crippen LogP contribution in [0, 0.1) is 22.0 Å². The fraction of sp³-hybridized carbons (Fsp3) is 0.143. The average Bonchev–Trinajstić information content (AvgIpc) is 2.91. The Morgan fingerprint density at radius 2 is 2.19 bits per heavy atom. The van der Waals surface area contributed by atoms with Crippen LogP contribution in [0.4, 0.5) is 5.69 Å². The van der Waals surface area contributed by atoms with Crippen molar-refractivity contribution in [1.82, 2.24) is 0 Å². The zero-order chi connectivity index (χ0) is 15.2. The minimum Gasteiger partial charge on any atom is -0.481 e. The summed E-state index contributed by atoms with van der Waals surface area (Å²) in [6, 6.07) is 8.04. The van der Waals surface area contributed by atoms with Gasteiger partial charge in [-0.05, 0) is 24.3 Å². The van der Waals surface area contributed by atoms with Crippen LogP contribution in [0.5, 0.6) is 5.75 Å². The Labute approximate surface area is 130 Å². The molecule has 0 aliphatic heterocycles. The summed E-state index contributed by atoms with van der Waals surface area (Å²) in [7, 11) is 0. The molecule has 1 heterocycles. The molecule has 0 atom stereocenters. The Hall–Kier alpha value is -2.07. The van der Waals surface area contributed by atoms with Gasteiger partial charge in [-0.15, -0.1) is 11.3 Å². The number of nitro groups is 1. The highest BCUT2D eigenvalue weighted by Crippen LogP contribution is 2.31. The first-order valence-electron chi connectivity index (χ1n) is 5.94. The Bertz CT molecular complexity index is 718. The van der Waals surface area contributed by atoms with E-state index in [1.807, 2.05) is 12.1 Å². The lowest BCUT2D eigenvalue weighted by molar-refractivity contribution is -0.385. The Balaban J connectivity index is 2.09. The molecule has 0 saturated carbocycles. The quantitative estimate of drug-likeness (QED) is 0.532. The molecule has 1 aromatic heterocycles. The van der Waals surface area contributed by atoms with Crippen molar-refractivity contribution >= 4 is 28.6 Å². The zero-order valence-electron chi connectivity index (χ0n) is 10.8. The maximum Gasteiger partial charge on any atom is 0.312 e. The third-order valence-electron chi connectivity index (χ3n) is 2.46. The molecule has 0 spiro atoms. The van der Waals surface area contributed by atoms with Gasteiger partial charge in [0.05, 0.1) is 16.3 Å². The Morgan fingerprint density at radius 1 is 1.38 bits per heavy atom. The SMILES string of the molecule is NCC#Cc1ccc(COc2ccc(Cl)cc2[N+](=O)[O-])s1. The van der Waals surface area contributed by atoms with E-state index in [0.717, 1.165) is 9.75 Å². The molecule has 0 unspecified atom stereocenters. The van der Waals surface area contributed by atoms with Crippen molar-refractivity contribution in [3.05, 3.63) is 55.2 Å². The van der Waals surface area contributed by atoms with Gasteiger partial charge >= 0.3 is 5.69 Å². The predicted molar refractivity (Wildman–Crippen MR) is 82.7 cm³/mol. The van der Waals surface area contributed by atoms with Crippen LogP contribution in [0.3, 0.4) is 0 Å². The molecular weight excluding hydrogens is 312 g/mol. The second-order valence-corrected chi connectivity index (χ2v) is 5.53. The molecule has 108 valence electrons. The first-order chi connectivity index (χ1) is 10.1. The van der Waals surface area contributed by atoms with E-state index in [1.165, 1.54) is 23.5 Å². The molecule has 21 heavy (non-hydrogen) atoms. The van der Waals surface area contributed by atoms with E-state index < -0.39 is 4.92 Å². The van der Waals surface area contributed by atoms with E-state index in [-0.39, 0.29) is 18.0 Å². The molecule has 0 aliphatic rings. The highest BCUT2D eigenvalue weighted by molar-refractivity contribution is 7.12. The lowest BCUT2D eigenvalue weighted by Crippen LogP contribution is -1.97. The number of rotatable bonds is 4. The van der Waals surface area contributed by atoms with Crippen molar-refractivity contribution in [2.24, 2.45) is 5.73 Å². The highest BCUT2D eigenvalue weighted by atomic mass is 35.5. The fourth-order valence-corrected chi connectivity index (χ4v) is 2.53. The molecule has 7 heteroatoms. The normalized spacial score (nSPS) is 9.81. The van der Waals surface area contributed by atoms with Gasteiger partial charge in [0.15, 0.2) is 5.75 Å². The summed E-state index contributed by atoms with van der Waals surface area (Å²) in [5.41, 5.74) is 5.16. The van der Waals surface area contributed by atoms with Crippen molar-refractivity contribution in [3.63, 3.8) is 0 Å². The summed E-state index contributed by atoms with van der Waals surface area (Å²) < 4.78 is 5.49. The molecule has 0 bridgehead atoms. The maximum atomic E-state index is 10.9. The first-order valence-corrected chi connectivity index (χ1v) is 7.14. The van der Waals surface area contributed by atoms with Crippen molar-refractivity contribution in [2.45, 2.75) is 6.61 Å². The van der Waals surface area contributed by atoms with Crippen LogP contribution < -0.4 is 10.5 Å². The minimum absolute atomic E-state index is 0.151. The molecule has 2 rings (SSSR count). The summed E-state index contributed by atoms with van der Waals surface area (Å²) in [5, 5.41) is 11.2. The third kappa shape index (κ3) is 4.20. The van der Waals surface area contributed by atoms with Gasteiger partial charge < -0.3 is 10.5 Å². The number of nitro benzene ring substituents is 1. The standard InChI is InChI=1S/C14H11ClN2O3S/c15-10-3-6-14(13(8-10)17(18)19)20-9-12-5-4-11(21-12)2-1-7-16/h3-6,8H,7,9,16H2. The van der Waals surface area contributed by atoms with E-state index in [9.17, 15) is 10.1 Å². The molecule has 1 aromatic carbocycles. The zero-order valence-corrected chi connectivity index (χ0v) is 12.4. The molecule has 2 N–H and O–H groups in total. The Kier molecular flexibility index (Phi) is 5.17. The summed E-state index contributed by atoms with van der Waals surface area (Å²) in [4.78, 5) is 12.2. The summed E-state index contributed by atoms with van der Waals surface area (Å²) >= 11 is 7.21. The van der Waals surface area contributed by atoms with Gasteiger partial charge in [-0.25, -0.2) is 0 Å². The van der Waals surface area contributed by atoms with Crippen molar-refractivity contribution in [3.8, 4) is 17.6 Å². The van der Waals surface area contributed by atoms with E-state index >= 15 is 0 Å². The van der Waals surface area contributed by atoms with Crippen LogP contribution >= 0.6 is 22.9 Å². The monoisotopic (exact) mass is 322 g/mol. The number of nitrogens with zero attached hydrogens (tertiary/aromatic N) is 1. The van der Waals surface area contributed by atoms with Gasteiger partial charge in [0.25, 0.3) is 0 Å². The molecule has 5 nitrogen and oxygen atoms in total. The number of benzene rings is 1. The minimum atomic E-state index is -0.520. The number of halogens is 1. The van der Waals surface area contributed by atoms with Crippen molar-refractivity contribution in [2.75, 3.05) is 6.54 Å². The van der Waals surface area contributed by atoms with Crippen molar-refractivity contribution in [1.29, 1.82) is 0 Å². The van der Waals surface area contributed by atoms with Crippen molar-refractivity contribution < 1.29 is 9.66 Å². The van der Waals surface area contributed by atoms with Crippen LogP contribution in [-0.2, 0) is 6.61 Å². The lowest BCUT2D eigenvalue weighted by Gasteiger charge is -2.05. The van der Waals surface area contributed by atoms with Gasteiger partial charge in [0.1, 0.15) is 6.61 Å². The highest BCUT2D eigenvalue weighted by Gasteiger charge is 2.15. The van der Waals surface area contributed by atoms with Crippen LogP contribution in [0.2, 0.25) is 5.02 Å². The number of nitrogens with two attached hydrogens (primary N) is 1. The van der Waals surface area contributed by atoms with Crippen LogP contribution in [0.1, 0.15) is 9.75 Å². The van der Waals surface area contributed by atoms with Gasteiger partial charge in [0, 0.05) is 16.0 Å². The van der Waals surface area contributed by atoms with Crippen LogP contribution in [-0.4, -0.2) is 11.5 Å². The number of thiophene rings is 1. The maximum absolute atomic E-state index is 10.9. The average molecular weight is 323 g/mol. The Morgan fingerprint density at radius 3 is 2.90 bits per heavy atom. The van der Waals surface area contributed by atoms with Gasteiger partial charge in [-0.2, -0.15) is 0 Å². The van der Waals surface area contributed by atoms with Gasteiger partial charge in [-0.1, -0.05) is 23.4 Å². The molecule has 0 saturated heterocycles. The lowest BCUT2D eigenvalue weighted by atomic mass is 10.3. The number of ether oxygens (including phenoxy) is 1. The molecular formula is C14H11ClN2O3S. The molecule has 0 amide bonds.